The number of thiophene rings is 1. The van der Waals surface area contributed by atoms with Crippen LogP contribution in [0.25, 0.3) is 0 Å². The maximum atomic E-state index is 11.9. The van der Waals surface area contributed by atoms with Gasteiger partial charge in [0.25, 0.3) is 0 Å². The molecule has 1 heterocycles. The zero-order valence-corrected chi connectivity index (χ0v) is 12.4. The number of amides is 2. The molecule has 4 N–H and O–H groups in total. The van der Waals surface area contributed by atoms with E-state index in [2.05, 4.69) is 10.6 Å². The van der Waals surface area contributed by atoms with Crippen LogP contribution in [0.2, 0.25) is 0 Å². The molecule has 0 spiro atoms. The van der Waals surface area contributed by atoms with E-state index < -0.39 is 0 Å². The Hall–Kier alpha value is -1.85. The first-order chi connectivity index (χ1) is 9.56. The van der Waals surface area contributed by atoms with Crippen LogP contribution in [0.4, 0.5) is 10.5 Å². The van der Waals surface area contributed by atoms with Crippen molar-refractivity contribution in [3.05, 3.63) is 52.2 Å². The molecule has 0 radical (unpaired) electrons. The fraction of sp³-hybridized carbons (Fsp3) is 0.267. The molecule has 1 aromatic heterocycles. The van der Waals surface area contributed by atoms with Gasteiger partial charge < -0.3 is 16.4 Å². The van der Waals surface area contributed by atoms with E-state index in [0.29, 0.717) is 0 Å². The van der Waals surface area contributed by atoms with Crippen molar-refractivity contribution in [1.82, 2.24) is 5.32 Å². The lowest BCUT2D eigenvalue weighted by Crippen LogP contribution is -2.30. The standard InChI is InChI=1S/C15H19N3OS/c1-10(16)12-5-7-13(8-6-12)18-15(19)17-11(2)14-4-3-9-20-14/h3-11H,16H2,1-2H3,(H2,17,18,19). The summed E-state index contributed by atoms with van der Waals surface area (Å²) >= 11 is 1.63. The van der Waals surface area contributed by atoms with E-state index in [-0.39, 0.29) is 18.1 Å². The fourth-order valence-electron chi connectivity index (χ4n) is 1.84. The summed E-state index contributed by atoms with van der Waals surface area (Å²) in [5, 5.41) is 7.72. The Morgan fingerprint density at radius 3 is 2.45 bits per heavy atom. The molecule has 2 aromatic rings. The largest absolute Gasteiger partial charge is 0.331 e. The van der Waals surface area contributed by atoms with E-state index in [1.54, 1.807) is 11.3 Å². The highest BCUT2D eigenvalue weighted by Crippen LogP contribution is 2.18. The zero-order valence-electron chi connectivity index (χ0n) is 11.6. The van der Waals surface area contributed by atoms with Gasteiger partial charge in [-0.05, 0) is 43.0 Å². The topological polar surface area (TPSA) is 67.1 Å². The van der Waals surface area contributed by atoms with Crippen LogP contribution >= 0.6 is 11.3 Å². The highest BCUT2D eigenvalue weighted by atomic mass is 32.1. The maximum Gasteiger partial charge on any atom is 0.319 e. The molecule has 2 atom stereocenters. The van der Waals surface area contributed by atoms with Crippen LogP contribution in [0, 0.1) is 0 Å². The number of benzene rings is 1. The maximum absolute atomic E-state index is 11.9. The molecule has 4 nitrogen and oxygen atoms in total. The zero-order chi connectivity index (χ0) is 14.5. The van der Waals surface area contributed by atoms with Crippen LogP contribution in [0.1, 0.15) is 36.4 Å². The van der Waals surface area contributed by atoms with Crippen LogP contribution in [0.3, 0.4) is 0 Å². The Labute approximate surface area is 123 Å². The average molecular weight is 289 g/mol. The summed E-state index contributed by atoms with van der Waals surface area (Å²) in [6, 6.07) is 11.3. The number of hydrogen-bond donors (Lipinski definition) is 3. The second kappa shape index (κ2) is 6.54. The van der Waals surface area contributed by atoms with E-state index in [1.807, 2.05) is 55.6 Å². The van der Waals surface area contributed by atoms with Gasteiger partial charge in [-0.15, -0.1) is 11.3 Å². The van der Waals surface area contributed by atoms with Crippen LogP contribution in [-0.2, 0) is 0 Å². The lowest BCUT2D eigenvalue weighted by Gasteiger charge is -2.13. The Morgan fingerprint density at radius 2 is 1.90 bits per heavy atom. The van der Waals surface area contributed by atoms with Gasteiger partial charge in [0.2, 0.25) is 0 Å². The molecular formula is C15H19N3OS. The van der Waals surface area contributed by atoms with Crippen molar-refractivity contribution in [2.24, 2.45) is 5.73 Å². The van der Waals surface area contributed by atoms with Gasteiger partial charge in [0.05, 0.1) is 6.04 Å². The van der Waals surface area contributed by atoms with E-state index in [1.165, 1.54) is 0 Å². The van der Waals surface area contributed by atoms with Crippen molar-refractivity contribution in [2.45, 2.75) is 25.9 Å². The minimum absolute atomic E-state index is 0.00154. The SMILES string of the molecule is CC(N)c1ccc(NC(=O)NC(C)c2cccs2)cc1. The normalized spacial score (nSPS) is 13.6. The number of rotatable bonds is 4. The van der Waals surface area contributed by atoms with Gasteiger partial charge in [0, 0.05) is 16.6 Å². The first kappa shape index (κ1) is 14.6. The van der Waals surface area contributed by atoms with E-state index >= 15 is 0 Å². The number of anilines is 1. The Bertz CT molecular complexity index is 549. The molecule has 0 aliphatic heterocycles. The van der Waals surface area contributed by atoms with Crippen molar-refractivity contribution in [2.75, 3.05) is 5.32 Å². The molecule has 0 saturated carbocycles. The third-order valence-corrected chi connectivity index (χ3v) is 4.07. The van der Waals surface area contributed by atoms with Gasteiger partial charge in [-0.3, -0.25) is 0 Å². The van der Waals surface area contributed by atoms with Crippen LogP contribution in [0.5, 0.6) is 0 Å². The third-order valence-electron chi connectivity index (χ3n) is 3.01. The van der Waals surface area contributed by atoms with E-state index in [0.717, 1.165) is 16.1 Å². The summed E-state index contributed by atoms with van der Waals surface area (Å²) in [6.07, 6.45) is 0. The molecule has 0 aliphatic rings. The fourth-order valence-corrected chi connectivity index (χ4v) is 2.58. The quantitative estimate of drug-likeness (QED) is 0.804. The highest BCUT2D eigenvalue weighted by molar-refractivity contribution is 7.10. The molecule has 0 fully saturated rings. The summed E-state index contributed by atoms with van der Waals surface area (Å²) < 4.78 is 0. The molecule has 5 heteroatoms. The minimum Gasteiger partial charge on any atom is -0.331 e. The molecule has 20 heavy (non-hydrogen) atoms. The number of nitrogens with two attached hydrogens (primary N) is 1. The van der Waals surface area contributed by atoms with Gasteiger partial charge in [0.15, 0.2) is 0 Å². The minimum atomic E-state index is -0.209. The van der Waals surface area contributed by atoms with Gasteiger partial charge in [-0.1, -0.05) is 18.2 Å². The molecule has 106 valence electrons. The summed E-state index contributed by atoms with van der Waals surface area (Å²) in [7, 11) is 0. The molecule has 2 unspecified atom stereocenters. The summed E-state index contributed by atoms with van der Waals surface area (Å²) in [4.78, 5) is 13.0. The molecule has 0 saturated heterocycles. The molecule has 2 amide bonds. The van der Waals surface area contributed by atoms with Crippen molar-refractivity contribution >= 4 is 23.1 Å². The Morgan fingerprint density at radius 1 is 1.20 bits per heavy atom. The van der Waals surface area contributed by atoms with Crippen LogP contribution < -0.4 is 16.4 Å². The third kappa shape index (κ3) is 3.82. The number of hydrogen-bond acceptors (Lipinski definition) is 3. The number of carbonyl (C=O) groups excluding carboxylic acids is 1. The predicted octanol–water partition coefficient (Wildman–Crippen LogP) is 3.65. The van der Waals surface area contributed by atoms with Gasteiger partial charge in [0.1, 0.15) is 0 Å². The summed E-state index contributed by atoms with van der Waals surface area (Å²) in [6.45, 7) is 3.89. The first-order valence-electron chi connectivity index (χ1n) is 6.52. The first-order valence-corrected chi connectivity index (χ1v) is 7.40. The van der Waals surface area contributed by atoms with Crippen molar-refractivity contribution in [3.8, 4) is 0 Å². The second-order valence-corrected chi connectivity index (χ2v) is 5.73. The van der Waals surface area contributed by atoms with Crippen molar-refractivity contribution in [3.63, 3.8) is 0 Å². The monoisotopic (exact) mass is 289 g/mol. The van der Waals surface area contributed by atoms with Crippen LogP contribution in [0.15, 0.2) is 41.8 Å². The predicted molar refractivity (Wildman–Crippen MR) is 83.9 cm³/mol. The van der Waals surface area contributed by atoms with E-state index in [4.69, 9.17) is 5.73 Å². The molecular weight excluding hydrogens is 270 g/mol. The lowest BCUT2D eigenvalue weighted by molar-refractivity contribution is 0.249. The Balaban J connectivity index is 1.91. The molecule has 2 rings (SSSR count). The number of nitrogens with one attached hydrogen (secondary N) is 2. The Kier molecular flexibility index (Phi) is 4.76. The second-order valence-electron chi connectivity index (χ2n) is 4.75. The van der Waals surface area contributed by atoms with Gasteiger partial charge in [-0.25, -0.2) is 4.79 Å². The lowest BCUT2D eigenvalue weighted by atomic mass is 10.1. The molecule has 0 aliphatic carbocycles. The van der Waals surface area contributed by atoms with Crippen LogP contribution in [-0.4, -0.2) is 6.03 Å². The smallest absolute Gasteiger partial charge is 0.319 e. The van der Waals surface area contributed by atoms with Gasteiger partial charge in [-0.2, -0.15) is 0 Å². The highest BCUT2D eigenvalue weighted by Gasteiger charge is 2.10. The van der Waals surface area contributed by atoms with Gasteiger partial charge >= 0.3 is 6.03 Å². The molecule has 1 aromatic carbocycles. The van der Waals surface area contributed by atoms with Crippen molar-refractivity contribution < 1.29 is 4.79 Å². The number of urea groups is 1. The summed E-state index contributed by atoms with van der Waals surface area (Å²) in [5.41, 5.74) is 7.59. The molecule has 0 bridgehead atoms. The number of carbonyl (C=O) groups is 1. The van der Waals surface area contributed by atoms with Crippen molar-refractivity contribution in [1.29, 1.82) is 0 Å². The average Bonchev–Trinajstić information content (AvgIpc) is 2.93. The van der Waals surface area contributed by atoms with E-state index in [9.17, 15) is 4.79 Å². The summed E-state index contributed by atoms with van der Waals surface area (Å²) in [5.74, 6) is 0.